The summed E-state index contributed by atoms with van der Waals surface area (Å²) in [6, 6.07) is 36.0. The molecule has 6 rings (SSSR count). The summed E-state index contributed by atoms with van der Waals surface area (Å²) in [7, 11) is 0. The Morgan fingerprint density at radius 3 is 1.86 bits per heavy atom. The van der Waals surface area contributed by atoms with Crippen LogP contribution in [0.5, 0.6) is 11.5 Å². The third kappa shape index (κ3) is 23.0. The van der Waals surface area contributed by atoms with E-state index < -0.39 is 65.4 Å². The van der Waals surface area contributed by atoms with Crippen molar-refractivity contribution in [2.45, 2.75) is 115 Å². The van der Waals surface area contributed by atoms with Crippen LogP contribution in [0.1, 0.15) is 119 Å². The molecule has 470 valence electrons. The van der Waals surface area contributed by atoms with E-state index in [-0.39, 0.29) is 102 Å². The van der Waals surface area contributed by atoms with Gasteiger partial charge in [-0.1, -0.05) is 110 Å². The predicted molar refractivity (Wildman–Crippen MR) is 333 cm³/mol. The van der Waals surface area contributed by atoms with Crippen molar-refractivity contribution >= 4 is 53.7 Å². The Hall–Kier alpha value is -9.67. The summed E-state index contributed by atoms with van der Waals surface area (Å²) in [4.78, 5) is 108. The van der Waals surface area contributed by atoms with Crippen molar-refractivity contribution in [1.82, 2.24) is 47.9 Å². The average molecular weight is 1210 g/mol. The van der Waals surface area contributed by atoms with Gasteiger partial charge in [0, 0.05) is 64.6 Å². The van der Waals surface area contributed by atoms with Gasteiger partial charge in [0.1, 0.15) is 35.8 Å². The van der Waals surface area contributed by atoms with Crippen molar-refractivity contribution in [2.75, 3.05) is 52.5 Å². The Morgan fingerprint density at radius 2 is 1.18 bits per heavy atom. The van der Waals surface area contributed by atoms with Crippen molar-refractivity contribution in [3.8, 4) is 22.6 Å². The Bertz CT molecular complexity index is 3110. The molecular formula is C65H83N11O12. The topological polar surface area (TPSA) is 331 Å². The second-order valence-corrected chi connectivity index (χ2v) is 21.9. The molecule has 9 amide bonds. The van der Waals surface area contributed by atoms with Crippen LogP contribution in [-0.4, -0.2) is 129 Å². The summed E-state index contributed by atoms with van der Waals surface area (Å²) in [5, 5.41) is 34.7. The predicted octanol–water partition coefficient (Wildman–Crippen LogP) is 6.24. The molecule has 0 heterocycles. The summed E-state index contributed by atoms with van der Waals surface area (Å²) in [5.74, 6) is -2.54. The molecule has 0 radical (unpaired) electrons. The SMILES string of the molecule is CCC(=O)NCCNC(=O)/N=C(/N)NCCC[C@@H](NC(=O)C(c1ccccc1)c1cccc(OCCCCNC(=O)[C@@H](CCCNC(=O)OCC2c3ccccc3-c3ccccc32)NC(=O)CCNC(=O)OC(C)(C)C)c1)C(=O)NCc1ccc(O)cc1. The Balaban J connectivity index is 1.01. The van der Waals surface area contributed by atoms with E-state index in [1.807, 2.05) is 66.7 Å². The lowest BCUT2D eigenvalue weighted by Gasteiger charge is -2.24. The molecule has 88 heavy (non-hydrogen) atoms. The normalized spacial score (nSPS) is 12.8. The second kappa shape index (κ2) is 35.1. The number of fused-ring (bicyclic) bond motifs is 3. The molecule has 23 heteroatoms. The summed E-state index contributed by atoms with van der Waals surface area (Å²) in [6.45, 7) is 8.41. The number of aromatic hydroxyl groups is 1. The molecular weight excluding hydrogens is 1130 g/mol. The van der Waals surface area contributed by atoms with Gasteiger partial charge in [-0.05, 0) is 123 Å². The maximum absolute atomic E-state index is 14.6. The van der Waals surface area contributed by atoms with Gasteiger partial charge >= 0.3 is 18.2 Å². The molecule has 5 aromatic carbocycles. The Kier molecular flexibility index (Phi) is 26.9. The van der Waals surface area contributed by atoms with Crippen LogP contribution in [0, 0.1) is 0 Å². The number of guanidine groups is 1. The number of phenolic OH excluding ortho intramolecular Hbond substituents is 1. The van der Waals surface area contributed by atoms with Crippen LogP contribution in [0.3, 0.4) is 0 Å². The molecule has 0 saturated carbocycles. The maximum atomic E-state index is 14.6. The maximum Gasteiger partial charge on any atom is 0.407 e. The van der Waals surface area contributed by atoms with Gasteiger partial charge in [-0.25, -0.2) is 14.4 Å². The van der Waals surface area contributed by atoms with E-state index >= 15 is 0 Å². The lowest BCUT2D eigenvalue weighted by molar-refractivity contribution is -0.129. The lowest BCUT2D eigenvalue weighted by atomic mass is 9.90. The highest BCUT2D eigenvalue weighted by Gasteiger charge is 2.31. The van der Waals surface area contributed by atoms with Crippen molar-refractivity contribution in [2.24, 2.45) is 10.7 Å². The zero-order valence-electron chi connectivity index (χ0n) is 50.4. The fourth-order valence-electron chi connectivity index (χ4n) is 9.61. The van der Waals surface area contributed by atoms with Crippen LogP contribution < -0.4 is 58.3 Å². The number of nitrogens with two attached hydrogens (primary N) is 1. The van der Waals surface area contributed by atoms with Crippen LogP contribution in [-0.2, 0) is 40.0 Å². The molecule has 0 aromatic heterocycles. The minimum absolute atomic E-state index is 0.0204. The van der Waals surface area contributed by atoms with Crippen LogP contribution in [0.15, 0.2) is 132 Å². The van der Waals surface area contributed by atoms with Gasteiger partial charge in [0.15, 0.2) is 5.96 Å². The molecule has 0 bridgehead atoms. The highest BCUT2D eigenvalue weighted by Crippen LogP contribution is 2.44. The minimum Gasteiger partial charge on any atom is -0.508 e. The number of hydrogen-bond donors (Lipinski definition) is 11. The number of amides is 9. The van der Waals surface area contributed by atoms with Gasteiger partial charge in [-0.3, -0.25) is 24.0 Å². The highest BCUT2D eigenvalue weighted by atomic mass is 16.6. The quantitative estimate of drug-likeness (QED) is 0.0129. The van der Waals surface area contributed by atoms with Crippen molar-refractivity contribution in [3.63, 3.8) is 0 Å². The number of phenols is 1. The molecule has 23 nitrogen and oxygen atoms in total. The zero-order valence-corrected chi connectivity index (χ0v) is 50.4. The number of ether oxygens (including phenoxy) is 3. The molecule has 1 unspecified atom stereocenters. The number of nitrogens with one attached hydrogen (secondary N) is 9. The van der Waals surface area contributed by atoms with Crippen molar-refractivity contribution in [3.05, 3.63) is 155 Å². The van der Waals surface area contributed by atoms with Gasteiger partial charge in [-0.2, -0.15) is 4.99 Å². The first-order chi connectivity index (χ1) is 42.4. The van der Waals surface area contributed by atoms with E-state index in [4.69, 9.17) is 19.9 Å². The van der Waals surface area contributed by atoms with Gasteiger partial charge < -0.3 is 72.9 Å². The molecule has 1 aliphatic carbocycles. The Labute approximate surface area is 513 Å². The van der Waals surface area contributed by atoms with E-state index in [1.54, 1.807) is 64.1 Å². The smallest absolute Gasteiger partial charge is 0.407 e. The Morgan fingerprint density at radius 1 is 0.580 bits per heavy atom. The average Bonchev–Trinajstić information content (AvgIpc) is 1.86. The van der Waals surface area contributed by atoms with Gasteiger partial charge in [0.25, 0.3) is 0 Å². The van der Waals surface area contributed by atoms with E-state index in [1.165, 1.54) is 12.1 Å². The largest absolute Gasteiger partial charge is 0.508 e. The molecule has 1 aliphatic rings. The van der Waals surface area contributed by atoms with E-state index in [9.17, 15) is 43.5 Å². The number of urea groups is 1. The molecule has 0 spiro atoms. The third-order valence-electron chi connectivity index (χ3n) is 14.0. The second-order valence-electron chi connectivity index (χ2n) is 21.9. The van der Waals surface area contributed by atoms with Crippen molar-refractivity contribution in [1.29, 1.82) is 0 Å². The molecule has 3 atom stereocenters. The van der Waals surface area contributed by atoms with Crippen LogP contribution in [0.4, 0.5) is 14.4 Å². The van der Waals surface area contributed by atoms with Crippen LogP contribution >= 0.6 is 0 Å². The molecule has 0 fully saturated rings. The summed E-state index contributed by atoms with van der Waals surface area (Å²) >= 11 is 0. The number of carbonyl (C=O) groups is 8. The van der Waals surface area contributed by atoms with Crippen LogP contribution in [0.2, 0.25) is 0 Å². The summed E-state index contributed by atoms with van der Waals surface area (Å²) < 4.78 is 17.1. The first-order valence-corrected chi connectivity index (χ1v) is 29.8. The number of benzene rings is 5. The first kappa shape index (κ1) is 67.5. The summed E-state index contributed by atoms with van der Waals surface area (Å²) in [6.07, 6.45) is 0.954. The molecule has 0 saturated heterocycles. The summed E-state index contributed by atoms with van der Waals surface area (Å²) in [5.41, 5.74) is 11.6. The third-order valence-corrected chi connectivity index (χ3v) is 14.0. The lowest BCUT2D eigenvalue weighted by Crippen LogP contribution is -2.48. The number of hydrogen-bond acceptors (Lipinski definition) is 12. The number of nitrogens with zero attached hydrogens (tertiary/aromatic N) is 1. The number of aliphatic imine (C=N–C) groups is 1. The monoisotopic (exact) mass is 1210 g/mol. The van der Waals surface area contributed by atoms with Gasteiger partial charge in [0.2, 0.25) is 29.5 Å². The number of unbranched alkanes of at least 4 members (excludes halogenated alkanes) is 1. The standard InChI is InChI=1S/C65H83N11O12/c1-5-55(78)67-37-38-70-62(83)76-61(66)69-34-16-27-54(59(81)73-41-43-28-30-46(77)31-29-43)75-60(82)57(44-18-7-6-8-19-44)45-20-15-21-47(40-45)86-39-14-13-33-68-58(80)53(74-56(79)32-36-72-64(85)88-65(2,3)4)26-17-35-71-63(84)87-42-52-50-24-11-9-22-48(50)49-23-10-12-25-51(49)52/h6-12,15,18-25,28-31,40,52-54,57,77H,5,13-14,16-17,26-27,32-39,41-42H2,1-4H3,(H,67,78)(H,68,80)(H,71,84)(H,72,85)(H,73,81)(H,74,79)(H,75,82)(H4,66,69,70,76,83)/t53-,54-,57?/m1/s1. The number of alkyl carbamates (subject to hydrolysis) is 2. The molecule has 12 N–H and O–H groups in total. The van der Waals surface area contributed by atoms with Crippen molar-refractivity contribution < 1.29 is 57.7 Å². The van der Waals surface area contributed by atoms with Gasteiger partial charge in [0.05, 0.1) is 12.5 Å². The van der Waals surface area contributed by atoms with E-state index in [0.29, 0.717) is 49.0 Å². The minimum atomic E-state index is -1.02. The number of carbonyl (C=O) groups excluding carboxylic acids is 8. The van der Waals surface area contributed by atoms with E-state index in [0.717, 1.165) is 27.8 Å². The zero-order chi connectivity index (χ0) is 63.3. The van der Waals surface area contributed by atoms with E-state index in [2.05, 4.69) is 65.0 Å². The fraction of sp³-hybridized carbons (Fsp3) is 0.400. The highest BCUT2D eigenvalue weighted by molar-refractivity contribution is 5.93. The fourth-order valence-corrected chi connectivity index (χ4v) is 9.61. The molecule has 0 aliphatic heterocycles. The molecule has 5 aromatic rings. The van der Waals surface area contributed by atoms with Crippen LogP contribution in [0.25, 0.3) is 11.1 Å². The number of rotatable bonds is 32. The first-order valence-electron chi connectivity index (χ1n) is 29.8. The van der Waals surface area contributed by atoms with Gasteiger partial charge in [-0.15, -0.1) is 0 Å².